The van der Waals surface area contributed by atoms with Crippen LogP contribution in [0.3, 0.4) is 0 Å². The number of aryl methyl sites for hydroxylation is 1. The third kappa shape index (κ3) is 1.62. The van der Waals surface area contributed by atoms with Crippen LogP contribution in [-0.2, 0) is 11.8 Å². The van der Waals surface area contributed by atoms with Crippen LogP contribution < -0.4 is 0 Å². The molecule has 1 aromatic heterocycles. The summed E-state index contributed by atoms with van der Waals surface area (Å²) in [6.07, 6.45) is 2.70. The zero-order valence-electron chi connectivity index (χ0n) is 7.64. The second-order valence-electron chi connectivity index (χ2n) is 3.78. The first-order valence-corrected chi connectivity index (χ1v) is 3.99. The van der Waals surface area contributed by atoms with E-state index >= 15 is 0 Å². The number of nitrogens with zero attached hydrogens (tertiary/aromatic N) is 1. The summed E-state index contributed by atoms with van der Waals surface area (Å²) in [5.74, 6) is 0. The zero-order valence-corrected chi connectivity index (χ0v) is 7.64. The fraction of sp³-hybridized carbons (Fsp3) is 0.667. The third-order valence-electron chi connectivity index (χ3n) is 1.79. The first-order chi connectivity index (χ1) is 5.05. The standard InChI is InChI=1S/C9H15NO/c1-5-8-7(6-11-10-8)9(2,3)4/h6H,5H2,1-4H3. The van der Waals surface area contributed by atoms with Gasteiger partial charge in [0.25, 0.3) is 0 Å². The molecule has 0 aromatic carbocycles. The van der Waals surface area contributed by atoms with E-state index in [9.17, 15) is 0 Å². The molecule has 0 N–H and O–H groups in total. The summed E-state index contributed by atoms with van der Waals surface area (Å²) in [6.45, 7) is 8.59. The minimum absolute atomic E-state index is 0.158. The Bertz CT molecular complexity index is 232. The number of aromatic nitrogens is 1. The largest absolute Gasteiger partial charge is 0.364 e. The normalized spacial score (nSPS) is 12.0. The Morgan fingerprint density at radius 2 is 2.09 bits per heavy atom. The Labute approximate surface area is 67.6 Å². The SMILES string of the molecule is CCc1nocc1C(C)(C)C. The minimum Gasteiger partial charge on any atom is -0.364 e. The summed E-state index contributed by atoms with van der Waals surface area (Å²) in [4.78, 5) is 0. The van der Waals surface area contributed by atoms with Gasteiger partial charge in [-0.1, -0.05) is 32.9 Å². The van der Waals surface area contributed by atoms with Gasteiger partial charge in [0.1, 0.15) is 6.26 Å². The van der Waals surface area contributed by atoms with Crippen LogP contribution in [0, 0.1) is 0 Å². The molecule has 0 atom stereocenters. The van der Waals surface area contributed by atoms with Gasteiger partial charge in [0.2, 0.25) is 0 Å². The molecule has 0 aliphatic heterocycles. The van der Waals surface area contributed by atoms with Gasteiger partial charge in [-0.15, -0.1) is 0 Å². The molecule has 2 heteroatoms. The van der Waals surface area contributed by atoms with Gasteiger partial charge in [0.05, 0.1) is 5.69 Å². The predicted octanol–water partition coefficient (Wildman–Crippen LogP) is 2.53. The first-order valence-electron chi connectivity index (χ1n) is 3.99. The summed E-state index contributed by atoms with van der Waals surface area (Å²) in [5.41, 5.74) is 2.46. The van der Waals surface area contributed by atoms with Crippen LogP contribution in [0.4, 0.5) is 0 Å². The van der Waals surface area contributed by atoms with E-state index in [0.29, 0.717) is 0 Å². The maximum Gasteiger partial charge on any atom is 0.127 e. The van der Waals surface area contributed by atoms with E-state index in [1.807, 2.05) is 0 Å². The molecule has 0 unspecified atom stereocenters. The smallest absolute Gasteiger partial charge is 0.127 e. The lowest BCUT2D eigenvalue weighted by Crippen LogP contribution is -2.12. The fourth-order valence-corrected chi connectivity index (χ4v) is 1.12. The molecule has 0 radical (unpaired) electrons. The van der Waals surface area contributed by atoms with E-state index in [2.05, 4.69) is 32.9 Å². The second kappa shape index (κ2) is 2.68. The zero-order chi connectivity index (χ0) is 8.48. The minimum atomic E-state index is 0.158. The first kappa shape index (κ1) is 8.31. The van der Waals surface area contributed by atoms with E-state index < -0.39 is 0 Å². The van der Waals surface area contributed by atoms with Crippen molar-refractivity contribution in [3.8, 4) is 0 Å². The highest BCUT2D eigenvalue weighted by Gasteiger charge is 2.19. The van der Waals surface area contributed by atoms with E-state index in [4.69, 9.17) is 4.52 Å². The van der Waals surface area contributed by atoms with Gasteiger partial charge in [-0.25, -0.2) is 0 Å². The summed E-state index contributed by atoms with van der Waals surface area (Å²) in [6, 6.07) is 0. The maximum absolute atomic E-state index is 4.91. The number of rotatable bonds is 1. The molecule has 0 saturated carbocycles. The van der Waals surface area contributed by atoms with Crippen LogP contribution in [0.15, 0.2) is 10.8 Å². The number of hydrogen-bond donors (Lipinski definition) is 0. The summed E-state index contributed by atoms with van der Waals surface area (Å²) in [7, 11) is 0. The molecule has 0 aliphatic rings. The molecule has 1 rings (SSSR count). The van der Waals surface area contributed by atoms with Crippen molar-refractivity contribution in [2.24, 2.45) is 0 Å². The molecule has 0 saturated heterocycles. The van der Waals surface area contributed by atoms with Crippen molar-refractivity contribution >= 4 is 0 Å². The average molecular weight is 153 g/mol. The number of hydrogen-bond acceptors (Lipinski definition) is 2. The van der Waals surface area contributed by atoms with Gasteiger partial charge >= 0.3 is 0 Å². The molecule has 0 amide bonds. The van der Waals surface area contributed by atoms with Crippen LogP contribution in [0.5, 0.6) is 0 Å². The van der Waals surface area contributed by atoms with Gasteiger partial charge < -0.3 is 4.52 Å². The third-order valence-corrected chi connectivity index (χ3v) is 1.79. The van der Waals surface area contributed by atoms with Crippen molar-refractivity contribution in [2.45, 2.75) is 39.5 Å². The highest BCUT2D eigenvalue weighted by Crippen LogP contribution is 2.25. The lowest BCUT2D eigenvalue weighted by atomic mass is 9.87. The second-order valence-corrected chi connectivity index (χ2v) is 3.78. The summed E-state index contributed by atoms with van der Waals surface area (Å²) >= 11 is 0. The molecule has 0 aliphatic carbocycles. The van der Waals surface area contributed by atoms with Gasteiger partial charge in [0.15, 0.2) is 0 Å². The monoisotopic (exact) mass is 153 g/mol. The van der Waals surface area contributed by atoms with Crippen molar-refractivity contribution in [3.05, 3.63) is 17.5 Å². The molecular formula is C9H15NO. The lowest BCUT2D eigenvalue weighted by molar-refractivity contribution is 0.410. The van der Waals surface area contributed by atoms with Crippen molar-refractivity contribution in [1.29, 1.82) is 0 Å². The van der Waals surface area contributed by atoms with Crippen molar-refractivity contribution < 1.29 is 4.52 Å². The Kier molecular flexibility index (Phi) is 2.03. The van der Waals surface area contributed by atoms with Gasteiger partial charge in [-0.2, -0.15) is 0 Å². The molecule has 0 spiro atoms. The van der Waals surface area contributed by atoms with Crippen LogP contribution >= 0.6 is 0 Å². The topological polar surface area (TPSA) is 26.0 Å². The Morgan fingerprint density at radius 1 is 1.45 bits per heavy atom. The van der Waals surface area contributed by atoms with Crippen molar-refractivity contribution in [3.63, 3.8) is 0 Å². The van der Waals surface area contributed by atoms with Gasteiger partial charge in [-0.3, -0.25) is 0 Å². The van der Waals surface area contributed by atoms with E-state index in [0.717, 1.165) is 12.1 Å². The molecule has 2 nitrogen and oxygen atoms in total. The summed E-state index contributed by atoms with van der Waals surface area (Å²) < 4.78 is 4.91. The summed E-state index contributed by atoms with van der Waals surface area (Å²) in [5, 5.41) is 3.93. The highest BCUT2D eigenvalue weighted by molar-refractivity contribution is 5.22. The highest BCUT2D eigenvalue weighted by atomic mass is 16.5. The van der Waals surface area contributed by atoms with Crippen molar-refractivity contribution in [2.75, 3.05) is 0 Å². The molecular weight excluding hydrogens is 138 g/mol. The van der Waals surface area contributed by atoms with Gasteiger partial charge in [0, 0.05) is 5.56 Å². The molecule has 1 aromatic rings. The van der Waals surface area contributed by atoms with E-state index in [-0.39, 0.29) is 5.41 Å². The predicted molar refractivity (Wildman–Crippen MR) is 44.6 cm³/mol. The van der Waals surface area contributed by atoms with Crippen molar-refractivity contribution in [1.82, 2.24) is 5.16 Å². The van der Waals surface area contributed by atoms with Crippen LogP contribution in [0.25, 0.3) is 0 Å². The molecule has 1 heterocycles. The molecule has 62 valence electrons. The van der Waals surface area contributed by atoms with Crippen LogP contribution in [-0.4, -0.2) is 5.16 Å². The molecule has 11 heavy (non-hydrogen) atoms. The molecule has 0 fully saturated rings. The fourth-order valence-electron chi connectivity index (χ4n) is 1.12. The Balaban J connectivity index is 3.02. The van der Waals surface area contributed by atoms with E-state index in [1.165, 1.54) is 5.56 Å². The molecule has 0 bridgehead atoms. The Morgan fingerprint density at radius 3 is 2.45 bits per heavy atom. The Hall–Kier alpha value is -0.790. The van der Waals surface area contributed by atoms with Crippen LogP contribution in [0.2, 0.25) is 0 Å². The maximum atomic E-state index is 4.91. The van der Waals surface area contributed by atoms with Crippen LogP contribution in [0.1, 0.15) is 39.0 Å². The lowest BCUT2D eigenvalue weighted by Gasteiger charge is -2.16. The average Bonchev–Trinajstić information content (AvgIpc) is 2.31. The van der Waals surface area contributed by atoms with E-state index in [1.54, 1.807) is 6.26 Å². The quantitative estimate of drug-likeness (QED) is 0.619. The van der Waals surface area contributed by atoms with Gasteiger partial charge in [-0.05, 0) is 11.8 Å².